The fourth-order valence-corrected chi connectivity index (χ4v) is 2.47. The number of H-pyrrole nitrogens is 1. The van der Waals surface area contributed by atoms with Crippen molar-refractivity contribution in [2.75, 3.05) is 20.3 Å². The Balaban J connectivity index is 0.000000920. The van der Waals surface area contributed by atoms with Crippen LogP contribution in [0.4, 0.5) is 13.2 Å². The Labute approximate surface area is 154 Å². The van der Waals surface area contributed by atoms with Gasteiger partial charge in [0, 0.05) is 36.8 Å². The van der Waals surface area contributed by atoms with E-state index in [1.54, 1.807) is 19.2 Å². The number of rotatable bonds is 5. The number of aliphatic hydroxyl groups excluding tert-OH is 1. The Morgan fingerprint density at radius 3 is 2.15 bits per heavy atom. The van der Waals surface area contributed by atoms with Crippen molar-refractivity contribution in [1.29, 1.82) is 0 Å². The van der Waals surface area contributed by atoms with Gasteiger partial charge in [-0.3, -0.25) is 0 Å². The Hall–Kier alpha value is -1.53. The van der Waals surface area contributed by atoms with Crippen molar-refractivity contribution in [3.8, 4) is 0 Å². The number of hydrogen-bond donors (Lipinski definition) is 2. The zero-order valence-electron chi connectivity index (χ0n) is 16.6. The Bertz CT molecular complexity index is 636. The molecule has 150 valence electrons. The molecule has 1 unspecified atom stereocenters. The average molecular weight is 375 g/mol. The second-order valence-electron chi connectivity index (χ2n) is 5.92. The van der Waals surface area contributed by atoms with E-state index < -0.39 is 11.7 Å². The minimum absolute atomic E-state index is 0.00579. The fraction of sp³-hybridized carbons (Fsp3) is 0.600. The fourth-order valence-electron chi connectivity index (χ4n) is 2.47. The van der Waals surface area contributed by atoms with Gasteiger partial charge in [0.05, 0.1) is 11.1 Å². The smallest absolute Gasteiger partial charge is 0.396 e. The summed E-state index contributed by atoms with van der Waals surface area (Å²) < 4.78 is 43.5. The van der Waals surface area contributed by atoms with Crippen LogP contribution in [-0.2, 0) is 16.3 Å². The number of alkyl halides is 3. The summed E-state index contributed by atoms with van der Waals surface area (Å²) in [4.78, 5) is 2.92. The van der Waals surface area contributed by atoms with Crippen molar-refractivity contribution in [2.24, 2.45) is 0 Å². The van der Waals surface area contributed by atoms with Gasteiger partial charge in [-0.05, 0) is 31.9 Å². The predicted molar refractivity (Wildman–Crippen MR) is 102 cm³/mol. The Kier molecular flexibility index (Phi) is 10.6. The number of halogens is 3. The number of methoxy groups -OCH3 is 1. The van der Waals surface area contributed by atoms with Gasteiger partial charge in [-0.15, -0.1) is 0 Å². The molecule has 0 saturated carbocycles. The summed E-state index contributed by atoms with van der Waals surface area (Å²) in [6.07, 6.45) is -3.12. The van der Waals surface area contributed by atoms with E-state index in [1.807, 2.05) is 34.6 Å². The molecule has 0 amide bonds. The lowest BCUT2D eigenvalue weighted by atomic mass is 9.81. The zero-order valence-corrected chi connectivity index (χ0v) is 16.6. The molecule has 0 bridgehead atoms. The molecule has 0 aliphatic carbocycles. The van der Waals surface area contributed by atoms with Gasteiger partial charge < -0.3 is 14.8 Å². The molecule has 1 aromatic heterocycles. The molecule has 0 saturated heterocycles. The molecule has 2 N–H and O–H groups in total. The Morgan fingerprint density at radius 2 is 1.73 bits per heavy atom. The van der Waals surface area contributed by atoms with Gasteiger partial charge in [-0.25, -0.2) is 0 Å². The molecule has 0 fully saturated rings. The van der Waals surface area contributed by atoms with Crippen molar-refractivity contribution in [3.05, 3.63) is 35.5 Å². The third-order valence-corrected chi connectivity index (χ3v) is 4.34. The van der Waals surface area contributed by atoms with Gasteiger partial charge in [0.1, 0.15) is 0 Å². The first-order valence-electron chi connectivity index (χ1n) is 9.02. The third kappa shape index (κ3) is 6.32. The van der Waals surface area contributed by atoms with Gasteiger partial charge in [0.2, 0.25) is 0 Å². The molecule has 26 heavy (non-hydrogen) atoms. The largest absolute Gasteiger partial charge is 0.418 e. The van der Waals surface area contributed by atoms with Gasteiger partial charge in [0.15, 0.2) is 0 Å². The van der Waals surface area contributed by atoms with Crippen molar-refractivity contribution < 1.29 is 23.0 Å². The van der Waals surface area contributed by atoms with E-state index in [0.717, 1.165) is 24.8 Å². The molecule has 2 aromatic rings. The first kappa shape index (κ1) is 24.5. The van der Waals surface area contributed by atoms with E-state index in [9.17, 15) is 13.2 Å². The summed E-state index contributed by atoms with van der Waals surface area (Å²) in [5.74, 6) is 0. The number of aromatic nitrogens is 1. The van der Waals surface area contributed by atoms with E-state index in [4.69, 9.17) is 5.11 Å². The van der Waals surface area contributed by atoms with E-state index in [2.05, 4.69) is 9.72 Å². The van der Waals surface area contributed by atoms with Gasteiger partial charge in [0.25, 0.3) is 0 Å². The highest BCUT2D eigenvalue weighted by atomic mass is 19.4. The molecule has 0 spiro atoms. The normalized spacial score (nSPS) is 13.3. The molecular weight excluding hydrogens is 343 g/mol. The molecule has 6 heteroatoms. The summed E-state index contributed by atoms with van der Waals surface area (Å²) in [6.45, 7) is 10.7. The van der Waals surface area contributed by atoms with Crippen LogP contribution in [0, 0.1) is 0 Å². The first-order valence-corrected chi connectivity index (χ1v) is 9.02. The van der Waals surface area contributed by atoms with Crippen LogP contribution in [0.25, 0.3) is 10.9 Å². The molecule has 1 atom stereocenters. The summed E-state index contributed by atoms with van der Waals surface area (Å²) in [7, 11) is 1.68. The molecule has 0 radical (unpaired) electrons. The summed E-state index contributed by atoms with van der Waals surface area (Å²) in [5.41, 5.74) is -0.145. The average Bonchev–Trinajstić information content (AvgIpc) is 3.07. The molecule has 1 aromatic carbocycles. The first-order chi connectivity index (χ1) is 12.2. The van der Waals surface area contributed by atoms with E-state index >= 15 is 0 Å². The van der Waals surface area contributed by atoms with Crippen LogP contribution in [-0.4, -0.2) is 30.4 Å². The SMILES string of the molecule is CC.CCC(C)(CCO)c1cc2cccc(C(F)(F)F)c2[nH]1.CCOC. The van der Waals surface area contributed by atoms with Gasteiger partial charge >= 0.3 is 6.18 Å². The van der Waals surface area contributed by atoms with Crippen LogP contribution >= 0.6 is 0 Å². The van der Waals surface area contributed by atoms with Crippen LogP contribution in [0.2, 0.25) is 0 Å². The van der Waals surface area contributed by atoms with Crippen molar-refractivity contribution in [3.63, 3.8) is 0 Å². The van der Waals surface area contributed by atoms with Crippen LogP contribution in [0.1, 0.15) is 58.7 Å². The standard InChI is InChI=1S/C15H18F3NO.C3H8O.C2H6/c1-3-14(2,7-8-20)12-9-10-5-4-6-11(13(10)19-12)15(16,17)18;1-3-4-2;1-2/h4-6,9,19-20H,3,7-8H2,1-2H3;3H2,1-2H3;1-2H3. The van der Waals surface area contributed by atoms with Gasteiger partial charge in [-0.1, -0.05) is 39.8 Å². The van der Waals surface area contributed by atoms with E-state index in [0.29, 0.717) is 11.8 Å². The Morgan fingerprint density at radius 1 is 1.15 bits per heavy atom. The topological polar surface area (TPSA) is 45.2 Å². The lowest BCUT2D eigenvalue weighted by Gasteiger charge is -2.26. The lowest BCUT2D eigenvalue weighted by Crippen LogP contribution is -2.22. The minimum Gasteiger partial charge on any atom is -0.396 e. The second-order valence-corrected chi connectivity index (χ2v) is 5.92. The predicted octanol–water partition coefficient (Wildman–Crippen LogP) is 5.92. The van der Waals surface area contributed by atoms with Crippen molar-refractivity contribution in [1.82, 2.24) is 4.98 Å². The van der Waals surface area contributed by atoms with E-state index in [-0.39, 0.29) is 17.5 Å². The van der Waals surface area contributed by atoms with Crippen LogP contribution in [0.15, 0.2) is 24.3 Å². The lowest BCUT2D eigenvalue weighted by molar-refractivity contribution is -0.136. The molecule has 0 aliphatic rings. The molecule has 2 rings (SSSR count). The van der Waals surface area contributed by atoms with Crippen LogP contribution in [0.5, 0.6) is 0 Å². The molecule has 3 nitrogen and oxygen atoms in total. The van der Waals surface area contributed by atoms with E-state index in [1.165, 1.54) is 6.07 Å². The minimum atomic E-state index is -4.37. The number of aromatic amines is 1. The van der Waals surface area contributed by atoms with Crippen molar-refractivity contribution >= 4 is 10.9 Å². The highest BCUT2D eigenvalue weighted by Gasteiger charge is 2.34. The summed E-state index contributed by atoms with van der Waals surface area (Å²) >= 11 is 0. The number of aliphatic hydroxyl groups is 1. The number of ether oxygens (including phenoxy) is 1. The highest BCUT2D eigenvalue weighted by molar-refractivity contribution is 5.84. The number of para-hydroxylation sites is 1. The number of nitrogens with one attached hydrogen (secondary N) is 1. The monoisotopic (exact) mass is 375 g/mol. The van der Waals surface area contributed by atoms with Gasteiger partial charge in [-0.2, -0.15) is 13.2 Å². The maximum Gasteiger partial charge on any atom is 0.418 e. The number of hydrogen-bond acceptors (Lipinski definition) is 2. The summed E-state index contributed by atoms with van der Waals surface area (Å²) in [5, 5.41) is 9.71. The number of benzene rings is 1. The molecule has 1 heterocycles. The second kappa shape index (κ2) is 11.2. The quantitative estimate of drug-likeness (QED) is 0.682. The van der Waals surface area contributed by atoms with Crippen LogP contribution in [0.3, 0.4) is 0 Å². The zero-order chi connectivity index (χ0) is 20.4. The molecular formula is C20H32F3NO2. The maximum atomic E-state index is 13.0. The highest BCUT2D eigenvalue weighted by Crippen LogP contribution is 2.38. The summed E-state index contributed by atoms with van der Waals surface area (Å²) in [6, 6.07) is 5.92. The maximum absolute atomic E-state index is 13.0. The molecule has 0 aliphatic heterocycles. The van der Waals surface area contributed by atoms with Crippen molar-refractivity contribution in [2.45, 2.75) is 59.1 Å². The van der Waals surface area contributed by atoms with Crippen LogP contribution < -0.4 is 0 Å². The third-order valence-electron chi connectivity index (χ3n) is 4.34. The number of fused-ring (bicyclic) bond motifs is 1.